The van der Waals surface area contributed by atoms with Crippen molar-refractivity contribution in [2.24, 2.45) is 0 Å². The quantitative estimate of drug-likeness (QED) is 0.491. The van der Waals surface area contributed by atoms with Gasteiger partial charge in [0.1, 0.15) is 5.75 Å². The van der Waals surface area contributed by atoms with E-state index in [9.17, 15) is 0 Å². The minimum absolute atomic E-state index is 0.565. The van der Waals surface area contributed by atoms with Crippen LogP contribution in [-0.2, 0) is 0 Å². The molecule has 0 aromatic heterocycles. The van der Waals surface area contributed by atoms with Gasteiger partial charge in [0.2, 0.25) is 0 Å². The van der Waals surface area contributed by atoms with Crippen LogP contribution >= 0.6 is 15.9 Å². The van der Waals surface area contributed by atoms with Gasteiger partial charge < -0.3 is 4.74 Å². The summed E-state index contributed by atoms with van der Waals surface area (Å²) >= 11 is 3.64. The van der Waals surface area contributed by atoms with Gasteiger partial charge in [-0.25, -0.2) is 0 Å². The highest BCUT2D eigenvalue weighted by Gasteiger charge is 2.11. The van der Waals surface area contributed by atoms with Crippen LogP contribution in [0.15, 0.2) is 54.6 Å². The van der Waals surface area contributed by atoms with Gasteiger partial charge in [-0.05, 0) is 48.9 Å². The maximum atomic E-state index is 5.75. The van der Waals surface area contributed by atoms with Gasteiger partial charge in [0.05, 0.1) is 6.61 Å². The monoisotopic (exact) mass is 332 g/mol. The fourth-order valence-corrected chi connectivity index (χ4v) is 3.07. The van der Waals surface area contributed by atoms with Crippen LogP contribution < -0.4 is 4.74 Å². The van der Waals surface area contributed by atoms with Crippen molar-refractivity contribution in [2.75, 3.05) is 11.9 Å². The number of hydrogen-bond donors (Lipinski definition) is 0. The summed E-state index contributed by atoms with van der Waals surface area (Å²) in [5.74, 6) is 1.52. The largest absolute Gasteiger partial charge is 0.494 e. The Kier molecular flexibility index (Phi) is 6.13. The number of aryl methyl sites for hydroxylation is 1. The highest BCUT2D eigenvalue weighted by molar-refractivity contribution is 9.09. The first-order chi connectivity index (χ1) is 9.81. The summed E-state index contributed by atoms with van der Waals surface area (Å²) in [4.78, 5) is 0. The van der Waals surface area contributed by atoms with Crippen LogP contribution in [0.2, 0.25) is 0 Å². The standard InChI is InChI=1S/C18H21BrO/c1-15-8-5-6-12-18(15)16(14-19)9-7-13-20-17-10-3-2-4-11-17/h2-6,8,10-12,16H,7,9,13-14H2,1H3. The summed E-state index contributed by atoms with van der Waals surface area (Å²) in [6.45, 7) is 2.96. The molecule has 2 aromatic rings. The molecule has 2 heteroatoms. The molecule has 2 aromatic carbocycles. The van der Waals surface area contributed by atoms with E-state index in [1.807, 2.05) is 30.3 Å². The lowest BCUT2D eigenvalue weighted by Crippen LogP contribution is -2.06. The van der Waals surface area contributed by atoms with Gasteiger partial charge in [0, 0.05) is 5.33 Å². The Morgan fingerprint density at radius 3 is 2.40 bits per heavy atom. The van der Waals surface area contributed by atoms with Crippen LogP contribution in [0.3, 0.4) is 0 Å². The lowest BCUT2D eigenvalue weighted by molar-refractivity contribution is 0.303. The molecule has 0 aliphatic rings. The van der Waals surface area contributed by atoms with Gasteiger partial charge in [-0.1, -0.05) is 58.4 Å². The first-order valence-electron chi connectivity index (χ1n) is 7.10. The summed E-state index contributed by atoms with van der Waals surface area (Å²) in [6, 6.07) is 18.7. The van der Waals surface area contributed by atoms with Gasteiger partial charge >= 0.3 is 0 Å². The second-order valence-corrected chi connectivity index (χ2v) is 5.66. The van der Waals surface area contributed by atoms with Gasteiger partial charge in [-0.3, -0.25) is 0 Å². The maximum absolute atomic E-state index is 5.75. The van der Waals surface area contributed by atoms with E-state index < -0.39 is 0 Å². The second kappa shape index (κ2) is 8.11. The number of rotatable bonds is 7. The Morgan fingerprint density at radius 2 is 1.70 bits per heavy atom. The zero-order valence-corrected chi connectivity index (χ0v) is 13.5. The lowest BCUT2D eigenvalue weighted by atomic mass is 9.93. The molecule has 1 nitrogen and oxygen atoms in total. The molecule has 20 heavy (non-hydrogen) atoms. The fourth-order valence-electron chi connectivity index (χ4n) is 2.40. The average molecular weight is 333 g/mol. The topological polar surface area (TPSA) is 9.23 Å². The third-order valence-corrected chi connectivity index (χ3v) is 4.30. The van der Waals surface area contributed by atoms with Crippen molar-refractivity contribution in [2.45, 2.75) is 25.7 Å². The molecule has 0 bridgehead atoms. The molecule has 0 saturated heterocycles. The number of ether oxygens (including phenoxy) is 1. The van der Waals surface area contributed by atoms with Crippen molar-refractivity contribution in [3.8, 4) is 5.75 Å². The van der Waals surface area contributed by atoms with Crippen molar-refractivity contribution in [3.63, 3.8) is 0 Å². The molecule has 1 unspecified atom stereocenters. The first-order valence-corrected chi connectivity index (χ1v) is 8.22. The zero-order valence-electron chi connectivity index (χ0n) is 11.9. The average Bonchev–Trinajstić information content (AvgIpc) is 2.50. The van der Waals surface area contributed by atoms with Gasteiger partial charge in [0.15, 0.2) is 0 Å². The third kappa shape index (κ3) is 4.38. The number of halogens is 1. The molecule has 0 amide bonds. The Labute approximate surface area is 130 Å². The Bertz CT molecular complexity index is 510. The van der Waals surface area contributed by atoms with E-state index in [0.717, 1.165) is 30.5 Å². The molecule has 0 spiro atoms. The molecule has 2 rings (SSSR count). The van der Waals surface area contributed by atoms with E-state index in [2.05, 4.69) is 47.1 Å². The highest BCUT2D eigenvalue weighted by Crippen LogP contribution is 2.26. The van der Waals surface area contributed by atoms with Gasteiger partial charge in [0.25, 0.3) is 0 Å². The fraction of sp³-hybridized carbons (Fsp3) is 0.333. The maximum Gasteiger partial charge on any atom is 0.119 e. The van der Waals surface area contributed by atoms with Crippen LogP contribution in [0.4, 0.5) is 0 Å². The molecule has 106 valence electrons. The Hall–Kier alpha value is -1.28. The van der Waals surface area contributed by atoms with Crippen molar-refractivity contribution in [1.82, 2.24) is 0 Å². The summed E-state index contributed by atoms with van der Waals surface area (Å²) in [5, 5.41) is 1.00. The second-order valence-electron chi connectivity index (χ2n) is 5.01. The van der Waals surface area contributed by atoms with Crippen molar-refractivity contribution in [3.05, 3.63) is 65.7 Å². The predicted octanol–water partition coefficient (Wildman–Crippen LogP) is 5.33. The lowest BCUT2D eigenvalue weighted by Gasteiger charge is -2.17. The van der Waals surface area contributed by atoms with Crippen LogP contribution in [0, 0.1) is 6.92 Å². The van der Waals surface area contributed by atoms with E-state index in [1.54, 1.807) is 0 Å². The van der Waals surface area contributed by atoms with Crippen LogP contribution in [0.25, 0.3) is 0 Å². The van der Waals surface area contributed by atoms with E-state index >= 15 is 0 Å². The smallest absolute Gasteiger partial charge is 0.119 e. The molecular weight excluding hydrogens is 312 g/mol. The van der Waals surface area contributed by atoms with Crippen molar-refractivity contribution in [1.29, 1.82) is 0 Å². The summed E-state index contributed by atoms with van der Waals surface area (Å²) in [7, 11) is 0. The number of alkyl halides is 1. The third-order valence-electron chi connectivity index (χ3n) is 3.52. The van der Waals surface area contributed by atoms with E-state index in [0.29, 0.717) is 5.92 Å². The minimum atomic E-state index is 0.565. The Morgan fingerprint density at radius 1 is 1.00 bits per heavy atom. The van der Waals surface area contributed by atoms with E-state index in [-0.39, 0.29) is 0 Å². The molecular formula is C18H21BrO. The van der Waals surface area contributed by atoms with Crippen molar-refractivity contribution >= 4 is 15.9 Å². The van der Waals surface area contributed by atoms with E-state index in [4.69, 9.17) is 4.74 Å². The van der Waals surface area contributed by atoms with Crippen LogP contribution in [0.5, 0.6) is 5.75 Å². The van der Waals surface area contributed by atoms with Gasteiger partial charge in [-0.15, -0.1) is 0 Å². The van der Waals surface area contributed by atoms with Gasteiger partial charge in [-0.2, -0.15) is 0 Å². The van der Waals surface area contributed by atoms with Crippen LogP contribution in [-0.4, -0.2) is 11.9 Å². The molecule has 0 radical (unpaired) electrons. The zero-order chi connectivity index (χ0) is 14.2. The normalized spacial score (nSPS) is 12.1. The molecule has 0 heterocycles. The Balaban J connectivity index is 1.81. The first kappa shape index (κ1) is 15.1. The highest BCUT2D eigenvalue weighted by atomic mass is 79.9. The number of hydrogen-bond acceptors (Lipinski definition) is 1. The molecule has 0 N–H and O–H groups in total. The SMILES string of the molecule is Cc1ccccc1C(CBr)CCCOc1ccccc1. The molecule has 0 fully saturated rings. The summed E-state index contributed by atoms with van der Waals surface area (Å²) in [5.41, 5.74) is 2.82. The summed E-state index contributed by atoms with van der Waals surface area (Å²) in [6.07, 6.45) is 2.21. The summed E-state index contributed by atoms with van der Waals surface area (Å²) < 4.78 is 5.75. The molecule has 0 aliphatic heterocycles. The van der Waals surface area contributed by atoms with E-state index in [1.165, 1.54) is 11.1 Å². The molecule has 0 aliphatic carbocycles. The minimum Gasteiger partial charge on any atom is -0.494 e. The molecule has 0 saturated carbocycles. The number of benzene rings is 2. The van der Waals surface area contributed by atoms with Crippen molar-refractivity contribution < 1.29 is 4.74 Å². The number of para-hydroxylation sites is 1. The predicted molar refractivity (Wildman–Crippen MR) is 88.9 cm³/mol. The van der Waals surface area contributed by atoms with Crippen LogP contribution in [0.1, 0.15) is 29.9 Å². The molecule has 1 atom stereocenters.